The van der Waals surface area contributed by atoms with Crippen molar-refractivity contribution >= 4 is 13.5 Å². The monoisotopic (exact) mass is 224 g/mol. The molecule has 6 nitrogen and oxygen atoms in total. The van der Waals surface area contributed by atoms with Crippen LogP contribution in [0.25, 0.3) is 0 Å². The number of amides is 1. The van der Waals surface area contributed by atoms with E-state index in [0.29, 0.717) is 6.42 Å². The highest BCUT2D eigenvalue weighted by molar-refractivity contribution is 7.51. The molecule has 0 radical (unpaired) electrons. The van der Waals surface area contributed by atoms with Gasteiger partial charge in [-0.25, -0.2) is 5.48 Å². The summed E-state index contributed by atoms with van der Waals surface area (Å²) in [7, 11) is -3.68. The number of nitrogens with one attached hydrogen (secondary N) is 1. The molecule has 0 heterocycles. The minimum absolute atomic E-state index is 0.276. The van der Waals surface area contributed by atoms with Crippen molar-refractivity contribution in [3.63, 3.8) is 0 Å². The molecular weight excluding hydrogens is 207 g/mol. The summed E-state index contributed by atoms with van der Waals surface area (Å²) in [4.78, 5) is 19.8. The van der Waals surface area contributed by atoms with Gasteiger partial charge in [-0.1, -0.05) is 13.8 Å². The van der Waals surface area contributed by atoms with E-state index < -0.39 is 19.5 Å². The van der Waals surface area contributed by atoms with Crippen LogP contribution in [-0.4, -0.2) is 23.5 Å². The van der Waals surface area contributed by atoms with Crippen LogP contribution in [0.2, 0.25) is 0 Å². The summed E-state index contributed by atoms with van der Waals surface area (Å²) in [5.74, 6) is -0.312. The second-order valence-electron chi connectivity index (χ2n) is 3.60. The maximum atomic E-state index is 11.1. The molecule has 0 bridgehead atoms. The Bertz CT molecular complexity index is 238. The van der Waals surface area contributed by atoms with Gasteiger partial charge in [0, 0.05) is 6.66 Å². The van der Waals surface area contributed by atoms with Crippen molar-refractivity contribution in [1.82, 2.24) is 5.48 Å². The zero-order valence-electron chi connectivity index (χ0n) is 8.56. The van der Waals surface area contributed by atoms with Gasteiger partial charge in [0.15, 0.2) is 0 Å². The first-order valence-corrected chi connectivity index (χ1v) is 6.29. The van der Waals surface area contributed by atoms with Crippen molar-refractivity contribution in [2.24, 2.45) is 11.7 Å². The Hall–Kier alpha value is -0.420. The van der Waals surface area contributed by atoms with Gasteiger partial charge in [-0.05, 0) is 12.3 Å². The van der Waals surface area contributed by atoms with E-state index in [0.717, 1.165) is 6.66 Å². The van der Waals surface area contributed by atoms with Gasteiger partial charge in [0.2, 0.25) is 0 Å². The Balaban J connectivity index is 3.91. The third-order valence-electron chi connectivity index (χ3n) is 1.38. The molecule has 0 spiro atoms. The second kappa shape index (κ2) is 5.46. The predicted octanol–water partition coefficient (Wildman–Crippen LogP) is 0.223. The van der Waals surface area contributed by atoms with Crippen molar-refractivity contribution in [2.45, 2.75) is 26.3 Å². The van der Waals surface area contributed by atoms with E-state index >= 15 is 0 Å². The summed E-state index contributed by atoms with van der Waals surface area (Å²) in [5.41, 5.74) is 7.33. The lowest BCUT2D eigenvalue weighted by Crippen LogP contribution is -2.40. The molecule has 0 saturated heterocycles. The molecule has 1 amide bonds. The van der Waals surface area contributed by atoms with Crippen LogP contribution in [0.5, 0.6) is 0 Å². The Morgan fingerprint density at radius 2 is 2.14 bits per heavy atom. The topological polar surface area (TPSA) is 102 Å². The van der Waals surface area contributed by atoms with Crippen LogP contribution < -0.4 is 11.2 Å². The van der Waals surface area contributed by atoms with E-state index in [9.17, 15) is 9.36 Å². The maximum absolute atomic E-state index is 11.1. The second-order valence-corrected chi connectivity index (χ2v) is 5.39. The SMILES string of the molecule is CC(C)C[C@H](N)C(=O)NOP(C)(=O)O. The highest BCUT2D eigenvalue weighted by Crippen LogP contribution is 2.34. The molecule has 4 N–H and O–H groups in total. The van der Waals surface area contributed by atoms with Gasteiger partial charge in [-0.3, -0.25) is 9.36 Å². The zero-order valence-corrected chi connectivity index (χ0v) is 9.45. The van der Waals surface area contributed by atoms with Gasteiger partial charge >= 0.3 is 7.60 Å². The number of hydrogen-bond donors (Lipinski definition) is 3. The molecule has 14 heavy (non-hydrogen) atoms. The fourth-order valence-corrected chi connectivity index (χ4v) is 1.08. The van der Waals surface area contributed by atoms with Gasteiger partial charge in [-0.15, -0.1) is 0 Å². The summed E-state index contributed by atoms with van der Waals surface area (Å²) in [5, 5.41) is 0. The average molecular weight is 224 g/mol. The van der Waals surface area contributed by atoms with Crippen LogP contribution in [-0.2, 0) is 14.0 Å². The number of nitrogens with two attached hydrogens (primary N) is 1. The molecule has 0 aromatic heterocycles. The molecule has 0 rings (SSSR count). The molecule has 7 heteroatoms. The molecule has 2 atom stereocenters. The molecule has 0 saturated carbocycles. The van der Waals surface area contributed by atoms with Crippen LogP contribution in [0.3, 0.4) is 0 Å². The number of hydrogen-bond acceptors (Lipinski definition) is 4. The van der Waals surface area contributed by atoms with Gasteiger partial charge < -0.3 is 10.6 Å². The fraction of sp³-hybridized carbons (Fsp3) is 0.857. The van der Waals surface area contributed by atoms with E-state index in [1.165, 1.54) is 0 Å². The first-order chi connectivity index (χ1) is 6.22. The number of carbonyl (C=O) groups excluding carboxylic acids is 1. The van der Waals surface area contributed by atoms with Crippen molar-refractivity contribution in [3.8, 4) is 0 Å². The largest absolute Gasteiger partial charge is 0.346 e. The first kappa shape index (κ1) is 13.6. The van der Waals surface area contributed by atoms with E-state index in [1.807, 2.05) is 19.3 Å². The molecule has 0 aromatic carbocycles. The normalized spacial score (nSPS) is 17.6. The Morgan fingerprint density at radius 1 is 1.64 bits per heavy atom. The zero-order chi connectivity index (χ0) is 11.4. The molecule has 84 valence electrons. The first-order valence-electron chi connectivity index (χ1n) is 4.26. The quantitative estimate of drug-likeness (QED) is 0.458. The smallest absolute Gasteiger partial charge is 0.323 e. The van der Waals surface area contributed by atoms with Gasteiger partial charge in [0.05, 0.1) is 6.04 Å². The van der Waals surface area contributed by atoms with Crippen molar-refractivity contribution in [1.29, 1.82) is 0 Å². The predicted molar refractivity (Wildman–Crippen MR) is 52.4 cm³/mol. The molecule has 0 aliphatic rings. The van der Waals surface area contributed by atoms with Crippen molar-refractivity contribution in [2.75, 3.05) is 6.66 Å². The van der Waals surface area contributed by atoms with E-state index in [4.69, 9.17) is 10.6 Å². The Labute approximate surface area is 83.3 Å². The van der Waals surface area contributed by atoms with E-state index in [2.05, 4.69) is 4.62 Å². The van der Waals surface area contributed by atoms with Crippen molar-refractivity contribution < 1.29 is 18.9 Å². The summed E-state index contributed by atoms with van der Waals surface area (Å²) in [6.07, 6.45) is 0.495. The molecule has 0 aliphatic heterocycles. The fourth-order valence-electron chi connectivity index (χ4n) is 0.820. The maximum Gasteiger partial charge on any atom is 0.346 e. The van der Waals surface area contributed by atoms with Crippen LogP contribution in [0.1, 0.15) is 20.3 Å². The average Bonchev–Trinajstić information content (AvgIpc) is 1.97. The van der Waals surface area contributed by atoms with E-state index in [1.54, 1.807) is 0 Å². The van der Waals surface area contributed by atoms with Gasteiger partial charge in [-0.2, -0.15) is 4.62 Å². The standard InChI is InChI=1S/C7H17N2O4P/c1-5(2)4-6(8)7(10)9-13-14(3,11)12/h5-6H,4,8H2,1-3H3,(H,9,10)(H,11,12)/t6-/m0/s1. The minimum Gasteiger partial charge on any atom is -0.323 e. The highest BCUT2D eigenvalue weighted by Gasteiger charge is 2.18. The number of hydroxylamine groups is 1. The molecule has 1 unspecified atom stereocenters. The van der Waals surface area contributed by atoms with Crippen LogP contribution in [0.15, 0.2) is 0 Å². The molecule has 0 fully saturated rings. The molecular formula is C7H17N2O4P. The number of carbonyl (C=O) groups is 1. The van der Waals surface area contributed by atoms with Crippen molar-refractivity contribution in [3.05, 3.63) is 0 Å². The number of rotatable bonds is 5. The van der Waals surface area contributed by atoms with Crippen LogP contribution >= 0.6 is 7.60 Å². The summed E-state index contributed by atoms with van der Waals surface area (Å²) in [6.45, 7) is 4.82. The lowest BCUT2D eigenvalue weighted by Gasteiger charge is -2.14. The van der Waals surface area contributed by atoms with Gasteiger partial charge in [0.25, 0.3) is 5.91 Å². The van der Waals surface area contributed by atoms with E-state index in [-0.39, 0.29) is 5.92 Å². The summed E-state index contributed by atoms with van der Waals surface area (Å²) in [6, 6.07) is -0.721. The molecule has 0 aromatic rings. The summed E-state index contributed by atoms with van der Waals surface area (Å²) < 4.78 is 14.9. The third-order valence-corrected chi connectivity index (χ3v) is 1.81. The Morgan fingerprint density at radius 3 is 2.50 bits per heavy atom. The lowest BCUT2D eigenvalue weighted by atomic mass is 10.0. The summed E-state index contributed by atoms with van der Waals surface area (Å²) >= 11 is 0. The van der Waals surface area contributed by atoms with Gasteiger partial charge in [0.1, 0.15) is 0 Å². The lowest BCUT2D eigenvalue weighted by molar-refractivity contribution is -0.129. The molecule has 0 aliphatic carbocycles. The third kappa shape index (κ3) is 7.03. The van der Waals surface area contributed by atoms with Crippen LogP contribution in [0, 0.1) is 5.92 Å². The minimum atomic E-state index is -3.68. The van der Waals surface area contributed by atoms with Crippen LogP contribution in [0.4, 0.5) is 0 Å². The highest BCUT2D eigenvalue weighted by atomic mass is 31.2. The Kier molecular flexibility index (Phi) is 5.29.